The van der Waals surface area contributed by atoms with Crippen molar-refractivity contribution in [3.05, 3.63) is 36.5 Å². The molecule has 2 fully saturated rings. The van der Waals surface area contributed by atoms with E-state index in [9.17, 15) is 9.59 Å². The standard InChI is InChI=1S/C27H40O7/c1-9-16(3)11-12-26(7)17(4)13-23(30-8)27-21(14-20(15-22(26)27)32-18(5)28)24(31-10-2)34-25(27)33-19(6)29/h9,14,17,20,22-25H,1,3,10-13,15H2,2,4-8H3/t17-,20+,22-,23-,24-,25+,26+,27+/m1/s1. The van der Waals surface area contributed by atoms with Crippen LogP contribution in [0.5, 0.6) is 0 Å². The molecule has 1 aliphatic heterocycles. The average Bonchev–Trinajstić information content (AvgIpc) is 3.06. The lowest BCUT2D eigenvalue weighted by Crippen LogP contribution is -2.63. The topological polar surface area (TPSA) is 80.3 Å². The van der Waals surface area contributed by atoms with E-state index >= 15 is 0 Å². The van der Waals surface area contributed by atoms with Gasteiger partial charge in [0.25, 0.3) is 0 Å². The molecule has 190 valence electrons. The lowest BCUT2D eigenvalue weighted by molar-refractivity contribution is -0.259. The van der Waals surface area contributed by atoms with Gasteiger partial charge in [0.05, 0.1) is 11.5 Å². The van der Waals surface area contributed by atoms with Crippen molar-refractivity contribution in [2.24, 2.45) is 22.7 Å². The Bertz CT molecular complexity index is 848. The zero-order valence-electron chi connectivity index (χ0n) is 21.4. The van der Waals surface area contributed by atoms with Crippen molar-refractivity contribution in [1.29, 1.82) is 0 Å². The normalized spacial score (nSPS) is 38.8. The van der Waals surface area contributed by atoms with Crippen LogP contribution in [0.1, 0.15) is 60.3 Å². The van der Waals surface area contributed by atoms with Gasteiger partial charge in [-0.05, 0) is 55.9 Å². The molecule has 7 heteroatoms. The molecule has 1 spiro atoms. The highest BCUT2D eigenvalue weighted by Crippen LogP contribution is 2.67. The Kier molecular flexibility index (Phi) is 8.10. The molecule has 0 bridgehead atoms. The van der Waals surface area contributed by atoms with Crippen LogP contribution in [0.15, 0.2) is 36.5 Å². The van der Waals surface area contributed by atoms with Crippen molar-refractivity contribution in [3.63, 3.8) is 0 Å². The van der Waals surface area contributed by atoms with E-state index < -0.39 is 30.1 Å². The van der Waals surface area contributed by atoms with Crippen molar-refractivity contribution < 1.29 is 33.3 Å². The first-order valence-electron chi connectivity index (χ1n) is 12.2. The summed E-state index contributed by atoms with van der Waals surface area (Å²) in [5, 5.41) is 0. The number of methoxy groups -OCH3 is 1. The number of carbonyl (C=O) groups is 2. The highest BCUT2D eigenvalue weighted by Gasteiger charge is 2.71. The Morgan fingerprint density at radius 3 is 2.47 bits per heavy atom. The van der Waals surface area contributed by atoms with E-state index in [1.54, 1.807) is 13.2 Å². The largest absolute Gasteiger partial charge is 0.458 e. The Hall–Kier alpha value is -1.96. The molecule has 0 aromatic rings. The molecule has 34 heavy (non-hydrogen) atoms. The summed E-state index contributed by atoms with van der Waals surface area (Å²) in [6.45, 7) is 17.6. The van der Waals surface area contributed by atoms with Gasteiger partial charge in [0.15, 0.2) is 6.29 Å². The predicted octanol–water partition coefficient (Wildman–Crippen LogP) is 4.72. The molecule has 0 unspecified atom stereocenters. The summed E-state index contributed by atoms with van der Waals surface area (Å²) in [7, 11) is 1.69. The molecule has 1 heterocycles. The lowest BCUT2D eigenvalue weighted by Gasteiger charge is -2.61. The minimum atomic E-state index is -0.865. The summed E-state index contributed by atoms with van der Waals surface area (Å²) >= 11 is 0. The van der Waals surface area contributed by atoms with Crippen LogP contribution in [0.4, 0.5) is 0 Å². The Morgan fingerprint density at radius 2 is 1.91 bits per heavy atom. The first kappa shape index (κ1) is 26.6. The van der Waals surface area contributed by atoms with Gasteiger partial charge in [0.1, 0.15) is 6.10 Å². The van der Waals surface area contributed by atoms with Crippen LogP contribution in [-0.2, 0) is 33.3 Å². The SMILES string of the molecule is C=CC(=C)CC[C@@]1(C)[C@H](C)C[C@@H](OC)[C@]23C(=C[C@H](OC(C)=O)C[C@H]12)[C@H](OCC)O[C@@H]3OC(C)=O. The van der Waals surface area contributed by atoms with Crippen molar-refractivity contribution in [2.75, 3.05) is 13.7 Å². The van der Waals surface area contributed by atoms with Gasteiger partial charge in [0, 0.05) is 33.1 Å². The van der Waals surface area contributed by atoms with Crippen LogP contribution in [0.25, 0.3) is 0 Å². The third-order valence-electron chi connectivity index (χ3n) is 8.29. The van der Waals surface area contributed by atoms with E-state index in [2.05, 4.69) is 27.0 Å². The molecular formula is C27H40O7. The highest BCUT2D eigenvalue weighted by molar-refractivity contribution is 5.67. The summed E-state index contributed by atoms with van der Waals surface area (Å²) in [6, 6.07) is 0. The number of allylic oxidation sites excluding steroid dienone is 2. The molecule has 2 aliphatic carbocycles. The summed E-state index contributed by atoms with van der Waals surface area (Å²) in [6.07, 6.45) is 4.44. The van der Waals surface area contributed by atoms with Gasteiger partial charge >= 0.3 is 11.9 Å². The summed E-state index contributed by atoms with van der Waals surface area (Å²) in [5.74, 6) is -0.545. The average molecular weight is 477 g/mol. The number of hydrogen-bond donors (Lipinski definition) is 0. The van der Waals surface area contributed by atoms with Crippen LogP contribution in [0.2, 0.25) is 0 Å². The maximum Gasteiger partial charge on any atom is 0.304 e. The number of carbonyl (C=O) groups excluding carboxylic acids is 2. The molecule has 0 aromatic carbocycles. The Labute approximate surface area is 203 Å². The lowest BCUT2D eigenvalue weighted by atomic mass is 9.45. The Morgan fingerprint density at radius 1 is 1.24 bits per heavy atom. The molecule has 0 radical (unpaired) electrons. The van der Waals surface area contributed by atoms with E-state index in [0.29, 0.717) is 13.0 Å². The van der Waals surface area contributed by atoms with Crippen LogP contribution in [0, 0.1) is 22.7 Å². The molecule has 1 saturated carbocycles. The van der Waals surface area contributed by atoms with Crippen LogP contribution >= 0.6 is 0 Å². The maximum absolute atomic E-state index is 12.2. The van der Waals surface area contributed by atoms with E-state index in [1.165, 1.54) is 13.8 Å². The second-order valence-corrected chi connectivity index (χ2v) is 10.1. The second-order valence-electron chi connectivity index (χ2n) is 10.1. The van der Waals surface area contributed by atoms with Crippen molar-refractivity contribution in [3.8, 4) is 0 Å². The molecule has 7 nitrogen and oxygen atoms in total. The number of esters is 2. The fourth-order valence-corrected chi connectivity index (χ4v) is 6.52. The molecule has 8 atom stereocenters. The fraction of sp³-hybridized carbons (Fsp3) is 0.704. The molecule has 3 rings (SSSR count). The van der Waals surface area contributed by atoms with Gasteiger partial charge in [-0.3, -0.25) is 9.59 Å². The molecule has 0 N–H and O–H groups in total. The molecule has 0 aromatic heterocycles. The van der Waals surface area contributed by atoms with Crippen LogP contribution in [-0.4, -0.2) is 50.4 Å². The van der Waals surface area contributed by atoms with Crippen LogP contribution in [0.3, 0.4) is 0 Å². The zero-order valence-corrected chi connectivity index (χ0v) is 21.4. The van der Waals surface area contributed by atoms with Crippen LogP contribution < -0.4 is 0 Å². The first-order valence-corrected chi connectivity index (χ1v) is 12.2. The van der Waals surface area contributed by atoms with Gasteiger partial charge in [-0.15, -0.1) is 0 Å². The minimum absolute atomic E-state index is 0.0644. The Balaban J connectivity index is 2.21. The van der Waals surface area contributed by atoms with E-state index in [1.807, 2.05) is 13.0 Å². The molecule has 0 amide bonds. The van der Waals surface area contributed by atoms with Crippen molar-refractivity contribution in [1.82, 2.24) is 0 Å². The maximum atomic E-state index is 12.2. The van der Waals surface area contributed by atoms with Gasteiger partial charge in [0.2, 0.25) is 6.29 Å². The third-order valence-corrected chi connectivity index (χ3v) is 8.29. The van der Waals surface area contributed by atoms with Gasteiger partial charge in [-0.1, -0.05) is 38.7 Å². The molecule has 1 saturated heterocycles. The summed E-state index contributed by atoms with van der Waals surface area (Å²) < 4.78 is 30.0. The quantitative estimate of drug-likeness (QED) is 0.271. The number of hydrogen-bond acceptors (Lipinski definition) is 7. The monoisotopic (exact) mass is 476 g/mol. The van der Waals surface area contributed by atoms with E-state index in [-0.39, 0.29) is 29.3 Å². The van der Waals surface area contributed by atoms with Gasteiger partial charge < -0.3 is 23.7 Å². The number of rotatable bonds is 9. The van der Waals surface area contributed by atoms with Crippen molar-refractivity contribution >= 4 is 11.9 Å². The van der Waals surface area contributed by atoms with E-state index in [4.69, 9.17) is 23.7 Å². The predicted molar refractivity (Wildman–Crippen MR) is 127 cm³/mol. The van der Waals surface area contributed by atoms with Gasteiger partial charge in [-0.25, -0.2) is 0 Å². The third kappa shape index (κ3) is 4.50. The van der Waals surface area contributed by atoms with Gasteiger partial charge in [-0.2, -0.15) is 0 Å². The number of ether oxygens (including phenoxy) is 5. The zero-order chi connectivity index (χ0) is 25.3. The first-order chi connectivity index (χ1) is 16.0. The van der Waals surface area contributed by atoms with E-state index in [0.717, 1.165) is 30.4 Å². The molecule has 3 aliphatic rings. The summed E-state index contributed by atoms with van der Waals surface area (Å²) in [5.41, 5.74) is 0.858. The van der Waals surface area contributed by atoms with Crippen molar-refractivity contribution in [2.45, 2.75) is 85.1 Å². The summed E-state index contributed by atoms with van der Waals surface area (Å²) in [4.78, 5) is 24.1. The minimum Gasteiger partial charge on any atom is -0.458 e. The fourth-order valence-electron chi connectivity index (χ4n) is 6.52. The highest BCUT2D eigenvalue weighted by atomic mass is 16.8. The molecular weight excluding hydrogens is 436 g/mol. The smallest absolute Gasteiger partial charge is 0.304 e. The second kappa shape index (κ2) is 10.3.